The second-order valence-electron chi connectivity index (χ2n) is 15.5. The van der Waals surface area contributed by atoms with Gasteiger partial charge in [0.1, 0.15) is 30.5 Å². The van der Waals surface area contributed by atoms with Crippen molar-refractivity contribution in [2.75, 3.05) is 26.4 Å². The first-order valence-electron chi connectivity index (χ1n) is 23.2. The summed E-state index contributed by atoms with van der Waals surface area (Å²) in [5.41, 5.74) is 0. The van der Waals surface area contributed by atoms with E-state index >= 15 is 0 Å². The third kappa shape index (κ3) is 31.8. The Hall–Kier alpha value is -2.63. The average Bonchev–Trinajstić information content (AvgIpc) is 3.24. The predicted molar refractivity (Wildman–Crippen MR) is 242 cm³/mol. The Balaban J connectivity index is 2.28. The Kier molecular flexibility index (Phi) is 37.6. The van der Waals surface area contributed by atoms with Gasteiger partial charge in [-0.3, -0.25) is 4.79 Å². The molecule has 0 aromatic rings. The molecular weight excluding hydrogens is 745 g/mol. The predicted octanol–water partition coefficient (Wildman–Crippen LogP) is 10.6. The molecule has 0 saturated carbocycles. The molecule has 59 heavy (non-hydrogen) atoms. The van der Waals surface area contributed by atoms with Gasteiger partial charge in [0.2, 0.25) is 0 Å². The lowest BCUT2D eigenvalue weighted by Crippen LogP contribution is -2.59. The fourth-order valence-electron chi connectivity index (χ4n) is 6.47. The fourth-order valence-corrected chi connectivity index (χ4v) is 6.47. The number of aliphatic hydroxyl groups is 4. The topological polar surface area (TPSA) is 135 Å². The molecular formula is C50H84O9. The highest BCUT2D eigenvalue weighted by Crippen LogP contribution is 2.22. The third-order valence-electron chi connectivity index (χ3n) is 10.1. The monoisotopic (exact) mass is 829 g/mol. The van der Waals surface area contributed by atoms with E-state index in [2.05, 4.69) is 98.9 Å². The molecule has 0 spiro atoms. The van der Waals surface area contributed by atoms with Gasteiger partial charge in [0, 0.05) is 13.0 Å². The van der Waals surface area contributed by atoms with Crippen molar-refractivity contribution in [1.82, 2.24) is 0 Å². The number of rotatable bonds is 38. The largest absolute Gasteiger partial charge is 0.457 e. The van der Waals surface area contributed by atoms with Crippen molar-refractivity contribution in [1.29, 1.82) is 0 Å². The smallest absolute Gasteiger partial charge is 0.306 e. The van der Waals surface area contributed by atoms with Crippen LogP contribution in [0.25, 0.3) is 0 Å². The normalized spacial score (nSPS) is 20.9. The van der Waals surface area contributed by atoms with Crippen LogP contribution in [0.15, 0.2) is 85.1 Å². The Morgan fingerprint density at radius 2 is 1.03 bits per heavy atom. The van der Waals surface area contributed by atoms with Crippen LogP contribution in [0.2, 0.25) is 0 Å². The number of allylic oxidation sites excluding steroid dienone is 14. The van der Waals surface area contributed by atoms with E-state index < -0.39 is 43.4 Å². The number of hydrogen-bond donors (Lipinski definition) is 4. The number of esters is 1. The maximum atomic E-state index is 12.7. The molecule has 1 rings (SSSR count). The molecule has 6 atom stereocenters. The van der Waals surface area contributed by atoms with E-state index in [1.165, 1.54) is 57.8 Å². The average molecular weight is 829 g/mol. The number of carbonyl (C=O) groups is 1. The van der Waals surface area contributed by atoms with Crippen molar-refractivity contribution >= 4 is 5.97 Å². The van der Waals surface area contributed by atoms with Crippen molar-refractivity contribution in [2.24, 2.45) is 0 Å². The molecule has 0 amide bonds. The molecule has 9 nitrogen and oxygen atoms in total. The van der Waals surface area contributed by atoms with Crippen LogP contribution in [0.4, 0.5) is 0 Å². The lowest BCUT2D eigenvalue weighted by Gasteiger charge is -2.39. The molecule has 4 N–H and O–H groups in total. The molecule has 0 radical (unpaired) electrons. The van der Waals surface area contributed by atoms with Crippen LogP contribution < -0.4 is 0 Å². The summed E-state index contributed by atoms with van der Waals surface area (Å²) in [6.45, 7) is 4.31. The quantitative estimate of drug-likeness (QED) is 0.0272. The summed E-state index contributed by atoms with van der Waals surface area (Å²) in [6, 6.07) is 0. The second-order valence-corrected chi connectivity index (χ2v) is 15.5. The van der Waals surface area contributed by atoms with Gasteiger partial charge in [-0.25, -0.2) is 0 Å². The van der Waals surface area contributed by atoms with Crippen LogP contribution in [-0.4, -0.2) is 89.6 Å². The lowest BCUT2D eigenvalue weighted by atomic mass is 9.99. The lowest BCUT2D eigenvalue weighted by molar-refractivity contribution is -0.305. The minimum atomic E-state index is -1.55. The molecule has 1 saturated heterocycles. The van der Waals surface area contributed by atoms with Crippen LogP contribution in [0.1, 0.15) is 162 Å². The van der Waals surface area contributed by atoms with Gasteiger partial charge in [-0.15, -0.1) is 0 Å². The summed E-state index contributed by atoms with van der Waals surface area (Å²) in [4.78, 5) is 12.7. The van der Waals surface area contributed by atoms with Gasteiger partial charge in [0.25, 0.3) is 0 Å². The zero-order chi connectivity index (χ0) is 42.9. The van der Waals surface area contributed by atoms with E-state index in [1.54, 1.807) is 0 Å². The van der Waals surface area contributed by atoms with Gasteiger partial charge in [-0.1, -0.05) is 170 Å². The number of unbranched alkanes of at least 4 members (excludes halogenated alkanes) is 13. The molecule has 0 aliphatic carbocycles. The second kappa shape index (κ2) is 40.8. The molecule has 6 unspecified atom stereocenters. The molecule has 1 heterocycles. The molecule has 338 valence electrons. The maximum Gasteiger partial charge on any atom is 0.306 e. The molecule has 1 fully saturated rings. The molecule has 1 aliphatic rings. The van der Waals surface area contributed by atoms with Crippen molar-refractivity contribution in [3.05, 3.63) is 85.1 Å². The van der Waals surface area contributed by atoms with E-state index in [0.29, 0.717) is 13.0 Å². The Morgan fingerprint density at radius 3 is 1.53 bits per heavy atom. The van der Waals surface area contributed by atoms with E-state index in [0.717, 1.165) is 83.5 Å². The summed E-state index contributed by atoms with van der Waals surface area (Å²) in [5.74, 6) is -0.333. The van der Waals surface area contributed by atoms with Gasteiger partial charge in [-0.2, -0.15) is 0 Å². The first kappa shape index (κ1) is 54.4. The maximum absolute atomic E-state index is 12.7. The fraction of sp³-hybridized carbons (Fsp3) is 0.700. The number of ether oxygens (including phenoxy) is 4. The highest BCUT2D eigenvalue weighted by molar-refractivity contribution is 5.69. The van der Waals surface area contributed by atoms with E-state index in [1.807, 2.05) is 0 Å². The number of aliphatic hydroxyl groups excluding tert-OH is 4. The van der Waals surface area contributed by atoms with Crippen molar-refractivity contribution < 1.29 is 44.2 Å². The zero-order valence-corrected chi connectivity index (χ0v) is 37.0. The summed E-state index contributed by atoms with van der Waals surface area (Å²) in [6.07, 6.45) is 47.6. The van der Waals surface area contributed by atoms with Gasteiger partial charge >= 0.3 is 5.97 Å². The SMILES string of the molecule is CC/C=C\C/C=C\C/C=C\C/C=C\C/C=C\C/C=C\C/C=C\CCCCOCC(COC1OC(CO)C(O)C(O)C1O)OC(=O)CCCCCCCCCCCCCC. The van der Waals surface area contributed by atoms with Gasteiger partial charge in [0.05, 0.1) is 19.8 Å². The molecule has 0 bridgehead atoms. The van der Waals surface area contributed by atoms with E-state index in [-0.39, 0.29) is 19.2 Å². The standard InChI is InChI=1S/C50H84O9/c1-3-5-7-9-11-13-15-17-18-19-20-21-22-23-24-25-26-27-28-30-32-34-36-38-40-56-42-44(43-57-50-49(55)48(54)47(53)45(41-51)59-50)58-46(52)39-37-35-33-31-29-16-14-12-10-8-6-4-2/h5,7,11,13,17-18,20-21,23-24,26-27,30,32,44-45,47-51,53-55H,3-4,6,8-10,12,14-16,19,22,25,28-29,31,33-43H2,1-2H3/b7-5-,13-11-,18-17-,21-20-,24-23-,27-26-,32-30-. The van der Waals surface area contributed by atoms with Crippen molar-refractivity contribution in [3.8, 4) is 0 Å². The van der Waals surface area contributed by atoms with Crippen LogP contribution in [-0.2, 0) is 23.7 Å². The summed E-state index contributed by atoms with van der Waals surface area (Å²) < 4.78 is 22.7. The highest BCUT2D eigenvalue weighted by atomic mass is 16.7. The minimum Gasteiger partial charge on any atom is -0.457 e. The van der Waals surface area contributed by atoms with Crippen LogP contribution in [0, 0.1) is 0 Å². The minimum absolute atomic E-state index is 0.111. The number of hydrogen-bond acceptors (Lipinski definition) is 9. The first-order chi connectivity index (χ1) is 28.9. The van der Waals surface area contributed by atoms with E-state index in [9.17, 15) is 25.2 Å². The highest BCUT2D eigenvalue weighted by Gasteiger charge is 2.44. The van der Waals surface area contributed by atoms with Gasteiger partial charge in [-0.05, 0) is 70.6 Å². The molecule has 0 aromatic heterocycles. The van der Waals surface area contributed by atoms with Gasteiger partial charge < -0.3 is 39.4 Å². The Bertz CT molecular complexity index is 1170. The zero-order valence-electron chi connectivity index (χ0n) is 37.0. The Labute approximate surface area is 359 Å². The van der Waals surface area contributed by atoms with Gasteiger partial charge in [0.15, 0.2) is 6.29 Å². The molecule has 9 heteroatoms. The summed E-state index contributed by atoms with van der Waals surface area (Å²) in [5, 5.41) is 40.1. The molecule has 1 aliphatic heterocycles. The van der Waals surface area contributed by atoms with E-state index in [4.69, 9.17) is 18.9 Å². The molecule has 0 aromatic carbocycles. The number of carbonyl (C=O) groups excluding carboxylic acids is 1. The van der Waals surface area contributed by atoms with Crippen molar-refractivity contribution in [3.63, 3.8) is 0 Å². The van der Waals surface area contributed by atoms with Crippen LogP contribution >= 0.6 is 0 Å². The van der Waals surface area contributed by atoms with Crippen LogP contribution in [0.5, 0.6) is 0 Å². The first-order valence-corrected chi connectivity index (χ1v) is 23.2. The summed E-state index contributed by atoms with van der Waals surface area (Å²) in [7, 11) is 0. The van der Waals surface area contributed by atoms with Crippen molar-refractivity contribution in [2.45, 2.75) is 198 Å². The Morgan fingerprint density at radius 1 is 0.559 bits per heavy atom. The van der Waals surface area contributed by atoms with Crippen LogP contribution in [0.3, 0.4) is 0 Å². The third-order valence-corrected chi connectivity index (χ3v) is 10.1. The summed E-state index contributed by atoms with van der Waals surface area (Å²) >= 11 is 0.